The molecule has 0 amide bonds. The van der Waals surface area contributed by atoms with Crippen LogP contribution < -0.4 is 10.0 Å². The van der Waals surface area contributed by atoms with Gasteiger partial charge in [0.25, 0.3) is 0 Å². The van der Waals surface area contributed by atoms with Gasteiger partial charge in [-0.1, -0.05) is 26.2 Å². The number of nitrogens with one attached hydrogen (secondary N) is 2. The zero-order chi connectivity index (χ0) is 13.8. The molecular weight excluding hydrogens is 296 g/mol. The van der Waals surface area contributed by atoms with Crippen molar-refractivity contribution in [1.29, 1.82) is 0 Å². The fourth-order valence-corrected chi connectivity index (χ4v) is 4.85. The lowest BCUT2D eigenvalue weighted by Crippen LogP contribution is -2.44. The molecule has 0 unspecified atom stereocenters. The molecule has 0 aromatic heterocycles. The van der Waals surface area contributed by atoms with Gasteiger partial charge in [0, 0.05) is 6.54 Å². The Bertz CT molecular complexity index is 375. The minimum atomic E-state index is -3.09. The van der Waals surface area contributed by atoms with E-state index in [1.54, 1.807) is 0 Å². The van der Waals surface area contributed by atoms with Crippen LogP contribution in [0.2, 0.25) is 0 Å². The Balaban J connectivity index is 0.00000200. The van der Waals surface area contributed by atoms with Gasteiger partial charge < -0.3 is 5.32 Å². The second kappa shape index (κ2) is 7.97. The van der Waals surface area contributed by atoms with Gasteiger partial charge >= 0.3 is 0 Å². The highest BCUT2D eigenvalue weighted by atomic mass is 35.5. The highest BCUT2D eigenvalue weighted by Gasteiger charge is 2.29. The first-order valence-electron chi connectivity index (χ1n) is 7.67. The molecule has 1 aliphatic carbocycles. The highest BCUT2D eigenvalue weighted by molar-refractivity contribution is 7.89. The lowest BCUT2D eigenvalue weighted by Gasteiger charge is -2.34. The SMILES string of the molecule is CC1(CNS(=O)(=O)CC2CCCCC2)CCNCC1.Cl. The Hall–Kier alpha value is 0.160. The van der Waals surface area contributed by atoms with E-state index >= 15 is 0 Å². The van der Waals surface area contributed by atoms with E-state index in [2.05, 4.69) is 17.0 Å². The summed E-state index contributed by atoms with van der Waals surface area (Å²) in [6.45, 7) is 4.79. The minimum Gasteiger partial charge on any atom is -0.317 e. The highest BCUT2D eigenvalue weighted by Crippen LogP contribution is 2.28. The van der Waals surface area contributed by atoms with Crippen molar-refractivity contribution in [3.63, 3.8) is 0 Å². The molecule has 2 aliphatic rings. The van der Waals surface area contributed by atoms with Crippen molar-refractivity contribution in [2.45, 2.75) is 51.9 Å². The van der Waals surface area contributed by atoms with Crippen molar-refractivity contribution in [1.82, 2.24) is 10.0 Å². The molecule has 1 heterocycles. The van der Waals surface area contributed by atoms with Crippen molar-refractivity contribution >= 4 is 22.4 Å². The molecule has 1 saturated heterocycles. The quantitative estimate of drug-likeness (QED) is 0.816. The van der Waals surface area contributed by atoms with Crippen LogP contribution in [-0.4, -0.2) is 33.8 Å². The van der Waals surface area contributed by atoms with Crippen LogP contribution in [0.4, 0.5) is 0 Å². The summed E-state index contributed by atoms with van der Waals surface area (Å²) in [5.74, 6) is 0.716. The lowest BCUT2D eigenvalue weighted by atomic mass is 9.81. The summed E-state index contributed by atoms with van der Waals surface area (Å²) in [5, 5.41) is 3.33. The molecule has 6 heteroatoms. The number of halogens is 1. The van der Waals surface area contributed by atoms with Gasteiger partial charge in [-0.05, 0) is 50.1 Å². The van der Waals surface area contributed by atoms with Crippen molar-refractivity contribution in [3.05, 3.63) is 0 Å². The monoisotopic (exact) mass is 324 g/mol. The number of hydrogen-bond donors (Lipinski definition) is 2. The first-order valence-corrected chi connectivity index (χ1v) is 9.32. The van der Waals surface area contributed by atoms with E-state index in [1.807, 2.05) is 0 Å². The van der Waals surface area contributed by atoms with Crippen molar-refractivity contribution in [3.8, 4) is 0 Å². The fourth-order valence-electron chi connectivity index (χ4n) is 3.21. The van der Waals surface area contributed by atoms with E-state index < -0.39 is 10.0 Å². The van der Waals surface area contributed by atoms with Gasteiger partial charge in [0.05, 0.1) is 5.75 Å². The summed E-state index contributed by atoms with van der Waals surface area (Å²) >= 11 is 0. The van der Waals surface area contributed by atoms with Gasteiger partial charge in [0.15, 0.2) is 0 Å². The summed E-state index contributed by atoms with van der Waals surface area (Å²) in [6.07, 6.45) is 7.95. The maximum Gasteiger partial charge on any atom is 0.211 e. The van der Waals surface area contributed by atoms with E-state index in [-0.39, 0.29) is 17.8 Å². The predicted octanol–water partition coefficient (Wildman–Crippen LogP) is 2.30. The Labute approximate surface area is 129 Å². The average molecular weight is 325 g/mol. The zero-order valence-corrected chi connectivity index (χ0v) is 14.1. The largest absolute Gasteiger partial charge is 0.317 e. The second-order valence-electron chi connectivity index (χ2n) is 6.67. The Morgan fingerprint density at radius 3 is 2.35 bits per heavy atom. The van der Waals surface area contributed by atoms with Crippen molar-refractivity contribution in [2.75, 3.05) is 25.4 Å². The normalized spacial score (nSPS) is 24.1. The number of sulfonamides is 1. The van der Waals surface area contributed by atoms with Gasteiger partial charge in [-0.3, -0.25) is 0 Å². The number of hydrogen-bond acceptors (Lipinski definition) is 3. The summed E-state index contributed by atoms with van der Waals surface area (Å²) in [4.78, 5) is 0. The summed E-state index contributed by atoms with van der Waals surface area (Å²) < 4.78 is 27.2. The molecule has 120 valence electrons. The molecular formula is C14H29ClN2O2S. The molecule has 0 spiro atoms. The molecule has 2 fully saturated rings. The van der Waals surface area contributed by atoms with Crippen molar-refractivity contribution < 1.29 is 8.42 Å². The van der Waals surface area contributed by atoms with Crippen molar-refractivity contribution in [2.24, 2.45) is 11.3 Å². The van der Waals surface area contributed by atoms with Gasteiger partial charge in [0.2, 0.25) is 10.0 Å². The van der Waals surface area contributed by atoms with Crippen LogP contribution in [0.25, 0.3) is 0 Å². The molecule has 2 N–H and O–H groups in total. The van der Waals surface area contributed by atoms with E-state index in [1.165, 1.54) is 19.3 Å². The molecule has 0 aromatic rings. The van der Waals surface area contributed by atoms with E-state index in [9.17, 15) is 8.42 Å². The van der Waals surface area contributed by atoms with Gasteiger partial charge in [-0.2, -0.15) is 0 Å². The Morgan fingerprint density at radius 1 is 1.15 bits per heavy atom. The van der Waals surface area contributed by atoms with Gasteiger partial charge in [-0.15, -0.1) is 12.4 Å². The van der Waals surface area contributed by atoms with Crippen LogP contribution in [0, 0.1) is 11.3 Å². The lowest BCUT2D eigenvalue weighted by molar-refractivity contribution is 0.232. The first-order chi connectivity index (χ1) is 8.99. The smallest absolute Gasteiger partial charge is 0.211 e. The second-order valence-corrected chi connectivity index (χ2v) is 8.52. The fraction of sp³-hybridized carbons (Fsp3) is 1.00. The predicted molar refractivity (Wildman–Crippen MR) is 85.8 cm³/mol. The third-order valence-corrected chi connectivity index (χ3v) is 6.20. The molecule has 0 radical (unpaired) electrons. The maximum absolute atomic E-state index is 12.2. The Morgan fingerprint density at radius 2 is 1.75 bits per heavy atom. The topological polar surface area (TPSA) is 58.2 Å². The molecule has 1 aliphatic heterocycles. The minimum absolute atomic E-state index is 0. The summed E-state index contributed by atoms with van der Waals surface area (Å²) in [6, 6.07) is 0. The Kier molecular flexibility index (Phi) is 7.25. The molecule has 4 nitrogen and oxygen atoms in total. The van der Waals surface area contributed by atoms with Crippen LogP contribution in [0.1, 0.15) is 51.9 Å². The molecule has 0 atom stereocenters. The first kappa shape index (κ1) is 18.2. The molecule has 0 bridgehead atoms. The molecule has 20 heavy (non-hydrogen) atoms. The third kappa shape index (κ3) is 5.88. The van der Waals surface area contributed by atoms with Crippen LogP contribution in [0.5, 0.6) is 0 Å². The standard InChI is InChI=1S/C14H28N2O2S.ClH/c1-14(7-9-15-10-8-14)12-16-19(17,18)11-13-5-3-2-4-6-13;/h13,15-16H,2-12H2,1H3;1H. The van der Waals surface area contributed by atoms with Crippen LogP contribution in [0.15, 0.2) is 0 Å². The summed E-state index contributed by atoms with van der Waals surface area (Å²) in [7, 11) is -3.09. The van der Waals surface area contributed by atoms with Crippen LogP contribution in [-0.2, 0) is 10.0 Å². The van der Waals surface area contributed by atoms with E-state index in [0.29, 0.717) is 18.2 Å². The van der Waals surface area contributed by atoms with E-state index in [0.717, 1.165) is 38.8 Å². The third-order valence-electron chi connectivity index (χ3n) is 4.71. The van der Waals surface area contributed by atoms with Crippen LogP contribution >= 0.6 is 12.4 Å². The summed E-state index contributed by atoms with van der Waals surface area (Å²) in [5.41, 5.74) is 0.130. The number of piperidine rings is 1. The zero-order valence-electron chi connectivity index (χ0n) is 12.5. The van der Waals surface area contributed by atoms with Gasteiger partial charge in [0.1, 0.15) is 0 Å². The molecule has 0 aromatic carbocycles. The number of rotatable bonds is 5. The molecule has 1 saturated carbocycles. The molecule has 2 rings (SSSR count). The maximum atomic E-state index is 12.2. The van der Waals surface area contributed by atoms with Crippen LogP contribution in [0.3, 0.4) is 0 Å². The average Bonchev–Trinajstić information content (AvgIpc) is 2.38. The van der Waals surface area contributed by atoms with E-state index in [4.69, 9.17) is 0 Å². The van der Waals surface area contributed by atoms with Gasteiger partial charge in [-0.25, -0.2) is 13.1 Å².